The number of rotatable bonds is 4. The second-order valence-corrected chi connectivity index (χ2v) is 6.89. The zero-order chi connectivity index (χ0) is 21.5. The molecule has 0 radical (unpaired) electrons. The molecule has 152 valence electrons. The van der Waals surface area contributed by atoms with Crippen molar-refractivity contribution in [2.75, 3.05) is 23.9 Å². The molecule has 1 aromatic heterocycles. The number of alkyl halides is 2. The van der Waals surface area contributed by atoms with Gasteiger partial charge in [-0.05, 0) is 12.1 Å². The highest BCUT2D eigenvalue weighted by atomic mass is 19.3. The lowest BCUT2D eigenvalue weighted by atomic mass is 9.98. The highest BCUT2D eigenvalue weighted by molar-refractivity contribution is 6.12. The summed E-state index contributed by atoms with van der Waals surface area (Å²) in [7, 11) is 1.40. The highest BCUT2D eigenvalue weighted by Crippen LogP contribution is 2.40. The molecular weight excluding hydrogens is 394 g/mol. The first-order valence-corrected chi connectivity index (χ1v) is 8.99. The Morgan fingerprint density at radius 1 is 1.30 bits per heavy atom. The van der Waals surface area contributed by atoms with Crippen molar-refractivity contribution in [3.63, 3.8) is 0 Å². The lowest BCUT2D eigenvalue weighted by Gasteiger charge is -2.45. The maximum Gasteiger partial charge on any atom is 0.298 e. The third-order valence-corrected chi connectivity index (χ3v) is 4.93. The maximum atomic E-state index is 13.6. The number of ether oxygens (including phenoxy) is 1. The molecule has 7 nitrogen and oxygen atoms in total. The smallest absolute Gasteiger partial charge is 0.298 e. The predicted molar refractivity (Wildman–Crippen MR) is 107 cm³/mol. The van der Waals surface area contributed by atoms with Crippen LogP contribution in [-0.2, 0) is 0 Å². The minimum absolute atomic E-state index is 0.170. The summed E-state index contributed by atoms with van der Waals surface area (Å²) in [6, 6.07) is 12.6. The number of para-hydroxylation sites is 1. The van der Waals surface area contributed by atoms with E-state index in [4.69, 9.17) is 10.00 Å². The third kappa shape index (κ3) is 3.33. The number of nitriles is 1. The van der Waals surface area contributed by atoms with Gasteiger partial charge in [-0.15, -0.1) is 0 Å². The summed E-state index contributed by atoms with van der Waals surface area (Å²) in [6.07, 6.45) is 0. The van der Waals surface area contributed by atoms with Crippen molar-refractivity contribution in [1.29, 1.82) is 5.26 Å². The van der Waals surface area contributed by atoms with Crippen LogP contribution in [0.5, 0.6) is 5.75 Å². The van der Waals surface area contributed by atoms with Crippen molar-refractivity contribution < 1.29 is 18.3 Å². The molecule has 2 heterocycles. The zero-order valence-electron chi connectivity index (χ0n) is 15.8. The SMILES string of the molecule is COc1cc(NC(=O)c2cc(=O)[nH]c3ccccc23)cc(N2CC(F)(F)C2C#N)c1. The van der Waals surface area contributed by atoms with E-state index < -0.39 is 30.0 Å². The molecule has 4 rings (SSSR count). The van der Waals surface area contributed by atoms with Gasteiger partial charge in [-0.2, -0.15) is 5.26 Å². The van der Waals surface area contributed by atoms with Gasteiger partial charge in [0.1, 0.15) is 5.75 Å². The van der Waals surface area contributed by atoms with Crippen LogP contribution in [0.25, 0.3) is 10.9 Å². The van der Waals surface area contributed by atoms with Gasteiger partial charge in [-0.3, -0.25) is 9.59 Å². The fourth-order valence-electron chi connectivity index (χ4n) is 3.46. The summed E-state index contributed by atoms with van der Waals surface area (Å²) in [4.78, 5) is 28.7. The number of aromatic amines is 1. The standard InChI is InChI=1S/C21H16F2N4O3/c1-30-14-7-12(6-13(8-14)27-11-21(22,23)18(27)10-24)25-20(29)16-9-19(28)26-17-5-3-2-4-15(16)17/h2-9,18H,11H2,1H3,(H,25,29)(H,26,28). The van der Waals surface area contributed by atoms with E-state index in [9.17, 15) is 18.4 Å². The van der Waals surface area contributed by atoms with Crippen LogP contribution in [0.2, 0.25) is 0 Å². The predicted octanol–water partition coefficient (Wildman–Crippen LogP) is 3.14. The second kappa shape index (κ2) is 7.15. The van der Waals surface area contributed by atoms with E-state index in [0.717, 1.165) is 0 Å². The maximum absolute atomic E-state index is 13.6. The van der Waals surface area contributed by atoms with Gasteiger partial charge in [0.15, 0.2) is 6.04 Å². The van der Waals surface area contributed by atoms with Crippen LogP contribution in [-0.4, -0.2) is 36.5 Å². The molecule has 1 atom stereocenters. The monoisotopic (exact) mass is 410 g/mol. The number of benzene rings is 2. The molecule has 1 amide bonds. The van der Waals surface area contributed by atoms with Gasteiger partial charge in [0, 0.05) is 40.5 Å². The van der Waals surface area contributed by atoms with E-state index in [1.165, 1.54) is 36.3 Å². The van der Waals surface area contributed by atoms with E-state index >= 15 is 0 Å². The van der Waals surface area contributed by atoms with E-state index in [1.807, 2.05) is 0 Å². The topological polar surface area (TPSA) is 98.2 Å². The molecular formula is C21H16F2N4O3. The first-order valence-electron chi connectivity index (χ1n) is 8.99. The fraction of sp³-hybridized carbons (Fsp3) is 0.190. The number of nitrogens with one attached hydrogen (secondary N) is 2. The molecule has 0 spiro atoms. The van der Waals surface area contributed by atoms with Crippen LogP contribution < -0.4 is 20.5 Å². The number of fused-ring (bicyclic) bond motifs is 1. The molecule has 9 heteroatoms. The lowest BCUT2D eigenvalue weighted by molar-refractivity contribution is -0.0513. The Kier molecular flexibility index (Phi) is 4.62. The number of anilines is 2. The first kappa shape index (κ1) is 19.4. The normalized spacial score (nSPS) is 17.1. The van der Waals surface area contributed by atoms with Gasteiger partial charge in [-0.25, -0.2) is 8.78 Å². The van der Waals surface area contributed by atoms with Crippen LogP contribution in [0.4, 0.5) is 20.2 Å². The van der Waals surface area contributed by atoms with E-state index in [2.05, 4.69) is 10.3 Å². The minimum atomic E-state index is -3.11. The summed E-state index contributed by atoms with van der Waals surface area (Å²) in [6.45, 7) is -0.607. The molecule has 2 N–H and O–H groups in total. The number of amides is 1. The van der Waals surface area contributed by atoms with Gasteiger partial charge >= 0.3 is 0 Å². The number of methoxy groups -OCH3 is 1. The summed E-state index contributed by atoms with van der Waals surface area (Å²) < 4.78 is 32.5. The molecule has 1 unspecified atom stereocenters. The van der Waals surface area contributed by atoms with E-state index in [-0.39, 0.29) is 11.3 Å². The summed E-state index contributed by atoms with van der Waals surface area (Å²) in [5.41, 5.74) is 0.860. The quantitative estimate of drug-likeness (QED) is 0.689. The van der Waals surface area contributed by atoms with Gasteiger partial charge < -0.3 is 19.9 Å². The number of hydrogen-bond donors (Lipinski definition) is 2. The summed E-state index contributed by atoms with van der Waals surface area (Å²) >= 11 is 0. The molecule has 0 bridgehead atoms. The number of H-pyrrole nitrogens is 1. The molecule has 1 fully saturated rings. The van der Waals surface area contributed by atoms with Crippen molar-refractivity contribution >= 4 is 28.2 Å². The highest BCUT2D eigenvalue weighted by Gasteiger charge is 2.55. The lowest BCUT2D eigenvalue weighted by Crippen LogP contribution is -2.64. The van der Waals surface area contributed by atoms with Gasteiger partial charge in [0.05, 0.1) is 25.3 Å². The third-order valence-electron chi connectivity index (χ3n) is 4.93. The molecule has 2 aromatic carbocycles. The number of aromatic nitrogens is 1. The Morgan fingerprint density at radius 3 is 2.77 bits per heavy atom. The van der Waals surface area contributed by atoms with Crippen LogP contribution in [0, 0.1) is 11.3 Å². The number of nitrogens with zero attached hydrogens (tertiary/aromatic N) is 2. The van der Waals surface area contributed by atoms with Crippen molar-refractivity contribution in [2.24, 2.45) is 0 Å². The molecule has 1 saturated heterocycles. The number of carbonyl (C=O) groups is 1. The molecule has 30 heavy (non-hydrogen) atoms. The van der Waals surface area contributed by atoms with Crippen molar-refractivity contribution in [3.8, 4) is 11.8 Å². The average molecular weight is 410 g/mol. The summed E-state index contributed by atoms with van der Waals surface area (Å²) in [5, 5.41) is 12.3. The van der Waals surface area contributed by atoms with Crippen LogP contribution >= 0.6 is 0 Å². The van der Waals surface area contributed by atoms with Crippen molar-refractivity contribution in [1.82, 2.24) is 4.98 Å². The van der Waals surface area contributed by atoms with E-state index in [1.54, 1.807) is 30.3 Å². The van der Waals surface area contributed by atoms with Gasteiger partial charge in [0.25, 0.3) is 11.8 Å². The van der Waals surface area contributed by atoms with Crippen molar-refractivity contribution in [3.05, 3.63) is 64.4 Å². The zero-order valence-corrected chi connectivity index (χ0v) is 15.8. The number of halogens is 2. The fourth-order valence-corrected chi connectivity index (χ4v) is 3.46. The first-order chi connectivity index (χ1) is 14.3. The second-order valence-electron chi connectivity index (χ2n) is 6.89. The van der Waals surface area contributed by atoms with E-state index in [0.29, 0.717) is 22.3 Å². The van der Waals surface area contributed by atoms with Crippen LogP contribution in [0.3, 0.4) is 0 Å². The number of pyridine rings is 1. The Morgan fingerprint density at radius 2 is 2.07 bits per heavy atom. The molecule has 1 aliphatic rings. The Hall–Kier alpha value is -3.93. The van der Waals surface area contributed by atoms with Crippen LogP contribution in [0.15, 0.2) is 53.3 Å². The van der Waals surface area contributed by atoms with Gasteiger partial charge in [-0.1, -0.05) is 18.2 Å². The molecule has 1 aliphatic heterocycles. The molecule has 0 aliphatic carbocycles. The average Bonchev–Trinajstić information content (AvgIpc) is 2.71. The minimum Gasteiger partial charge on any atom is -0.497 e. The summed E-state index contributed by atoms with van der Waals surface area (Å²) in [5.74, 6) is -3.32. The molecule has 0 saturated carbocycles. The van der Waals surface area contributed by atoms with Crippen molar-refractivity contribution in [2.45, 2.75) is 12.0 Å². The number of carbonyl (C=O) groups excluding carboxylic acids is 1. The Labute approximate surface area is 169 Å². The Balaban J connectivity index is 1.68. The molecule has 3 aromatic rings. The largest absolute Gasteiger partial charge is 0.497 e. The Bertz CT molecular complexity index is 1250. The van der Waals surface area contributed by atoms with Crippen LogP contribution in [0.1, 0.15) is 10.4 Å². The van der Waals surface area contributed by atoms with Gasteiger partial charge in [0.2, 0.25) is 5.56 Å². The number of hydrogen-bond acceptors (Lipinski definition) is 5.